The molecule has 3 aliphatic rings. The number of methoxy groups -OCH3 is 1. The molecule has 0 spiro atoms. The van der Waals surface area contributed by atoms with E-state index in [4.69, 9.17) is 9.47 Å². The van der Waals surface area contributed by atoms with Crippen molar-refractivity contribution in [2.75, 3.05) is 18.6 Å². The summed E-state index contributed by atoms with van der Waals surface area (Å²) in [5.41, 5.74) is 1.24. The minimum Gasteiger partial charge on any atom is -0.452 e. The summed E-state index contributed by atoms with van der Waals surface area (Å²) in [6.45, 7) is 10.4. The van der Waals surface area contributed by atoms with Crippen molar-refractivity contribution in [1.82, 2.24) is 4.90 Å². The lowest BCUT2D eigenvalue weighted by molar-refractivity contribution is -0.00552. The number of carbonyl (C=O) groups excluding carboxylic acids is 2. The molecule has 1 aliphatic carbocycles. The van der Waals surface area contributed by atoms with E-state index >= 15 is 0 Å². The maximum Gasteiger partial charge on any atom is 0.415 e. The Morgan fingerprint density at radius 2 is 1.86 bits per heavy atom. The standard InChI is InChI=1S/C22H28N2O4/c1-15-10-11-22-21(14-15,12-13-23(22)18(25)28-20(2,3)4)16-8-6-7-9-17(16)24(22)19(26)27-5/h6-9H,1,10-14H2,2-5H3/t21-,22-/m1/s1. The summed E-state index contributed by atoms with van der Waals surface area (Å²) >= 11 is 0. The summed E-state index contributed by atoms with van der Waals surface area (Å²) in [7, 11) is 1.39. The molecule has 28 heavy (non-hydrogen) atoms. The van der Waals surface area contributed by atoms with Crippen LogP contribution in [0, 0.1) is 0 Å². The second-order valence-electron chi connectivity index (χ2n) is 9.03. The van der Waals surface area contributed by atoms with Gasteiger partial charge in [0, 0.05) is 12.0 Å². The van der Waals surface area contributed by atoms with Crippen molar-refractivity contribution in [2.45, 2.75) is 63.1 Å². The number of para-hydroxylation sites is 1. The Morgan fingerprint density at radius 3 is 2.54 bits per heavy atom. The highest BCUT2D eigenvalue weighted by Crippen LogP contribution is 2.65. The first kappa shape index (κ1) is 18.8. The molecule has 1 saturated carbocycles. The third kappa shape index (κ3) is 2.33. The summed E-state index contributed by atoms with van der Waals surface area (Å²) < 4.78 is 10.9. The van der Waals surface area contributed by atoms with Crippen LogP contribution < -0.4 is 4.90 Å². The monoisotopic (exact) mass is 384 g/mol. The predicted molar refractivity (Wildman–Crippen MR) is 106 cm³/mol. The van der Waals surface area contributed by atoms with Crippen LogP contribution in [0.4, 0.5) is 15.3 Å². The third-order valence-electron chi connectivity index (χ3n) is 6.36. The number of fused-ring (bicyclic) bond motifs is 1. The second-order valence-corrected chi connectivity index (χ2v) is 9.03. The van der Waals surface area contributed by atoms with Crippen molar-refractivity contribution in [3.8, 4) is 0 Å². The number of allylic oxidation sites excluding steroid dienone is 1. The molecule has 0 unspecified atom stereocenters. The van der Waals surface area contributed by atoms with Gasteiger partial charge in [-0.2, -0.15) is 0 Å². The van der Waals surface area contributed by atoms with E-state index in [1.807, 2.05) is 39.0 Å². The average molecular weight is 384 g/mol. The molecule has 0 bridgehead atoms. The van der Waals surface area contributed by atoms with Gasteiger partial charge in [0.2, 0.25) is 0 Å². The zero-order valence-electron chi connectivity index (χ0n) is 17.1. The van der Waals surface area contributed by atoms with Crippen molar-refractivity contribution >= 4 is 17.9 Å². The van der Waals surface area contributed by atoms with E-state index in [1.165, 1.54) is 7.11 Å². The molecule has 2 amide bonds. The third-order valence-corrected chi connectivity index (χ3v) is 6.36. The molecule has 2 fully saturated rings. The fraction of sp³-hybridized carbons (Fsp3) is 0.545. The molecular weight excluding hydrogens is 356 g/mol. The highest BCUT2D eigenvalue weighted by Gasteiger charge is 2.72. The van der Waals surface area contributed by atoms with Gasteiger partial charge in [-0.1, -0.05) is 30.4 Å². The van der Waals surface area contributed by atoms with Crippen LogP contribution in [0.25, 0.3) is 0 Å². The molecule has 6 heteroatoms. The molecule has 2 aliphatic heterocycles. The van der Waals surface area contributed by atoms with Gasteiger partial charge in [0.25, 0.3) is 0 Å². The number of amides is 2. The van der Waals surface area contributed by atoms with Gasteiger partial charge in [-0.15, -0.1) is 0 Å². The SMILES string of the molecule is C=C1CC[C@]23N(C(=O)OC(C)(C)C)CC[C@@]2(C1)c1ccccc1N3C(=O)OC. The van der Waals surface area contributed by atoms with Gasteiger partial charge in [-0.3, -0.25) is 9.80 Å². The van der Waals surface area contributed by atoms with Crippen LogP contribution in [0.15, 0.2) is 36.4 Å². The fourth-order valence-corrected chi connectivity index (χ4v) is 5.48. The number of nitrogens with zero attached hydrogens (tertiary/aromatic N) is 2. The first-order chi connectivity index (χ1) is 13.2. The number of rotatable bonds is 0. The predicted octanol–water partition coefficient (Wildman–Crippen LogP) is 4.59. The smallest absolute Gasteiger partial charge is 0.415 e. The minimum atomic E-state index is -0.826. The summed E-state index contributed by atoms with van der Waals surface area (Å²) in [6.07, 6.45) is 2.05. The van der Waals surface area contributed by atoms with Crippen LogP contribution in [0.3, 0.4) is 0 Å². The number of hydrogen-bond donors (Lipinski definition) is 0. The molecule has 0 aromatic heterocycles. The topological polar surface area (TPSA) is 59.1 Å². The lowest BCUT2D eigenvalue weighted by Gasteiger charge is -2.52. The molecular formula is C22H28N2O4. The van der Waals surface area contributed by atoms with E-state index in [1.54, 1.807) is 9.80 Å². The van der Waals surface area contributed by atoms with E-state index in [9.17, 15) is 9.59 Å². The number of benzene rings is 1. The van der Waals surface area contributed by atoms with E-state index in [0.717, 1.165) is 36.1 Å². The van der Waals surface area contributed by atoms with Crippen molar-refractivity contribution in [3.05, 3.63) is 42.0 Å². The molecule has 0 N–H and O–H groups in total. The number of ether oxygens (including phenoxy) is 2. The van der Waals surface area contributed by atoms with Crippen molar-refractivity contribution < 1.29 is 19.1 Å². The first-order valence-electron chi connectivity index (χ1n) is 9.81. The first-order valence-corrected chi connectivity index (χ1v) is 9.81. The van der Waals surface area contributed by atoms with Crippen LogP contribution >= 0.6 is 0 Å². The normalized spacial score (nSPS) is 28.5. The van der Waals surface area contributed by atoms with E-state index in [-0.39, 0.29) is 11.5 Å². The van der Waals surface area contributed by atoms with Crippen LogP contribution in [0.1, 0.15) is 52.0 Å². The molecule has 1 aromatic carbocycles. The van der Waals surface area contributed by atoms with Crippen LogP contribution in [0.5, 0.6) is 0 Å². The Balaban J connectivity index is 1.92. The Labute approximate surface area is 166 Å². The number of hydrogen-bond acceptors (Lipinski definition) is 4. The Morgan fingerprint density at radius 1 is 1.14 bits per heavy atom. The highest BCUT2D eigenvalue weighted by molar-refractivity contribution is 5.95. The second kappa shape index (κ2) is 6.00. The van der Waals surface area contributed by atoms with Crippen LogP contribution in [0.2, 0.25) is 0 Å². The van der Waals surface area contributed by atoms with E-state index in [2.05, 4.69) is 12.6 Å². The Kier molecular flexibility index (Phi) is 4.04. The van der Waals surface area contributed by atoms with Crippen LogP contribution in [-0.2, 0) is 14.9 Å². The fourth-order valence-electron chi connectivity index (χ4n) is 5.48. The number of likely N-dealkylation sites (tertiary alicyclic amines) is 1. The molecule has 0 radical (unpaired) electrons. The Bertz CT molecular complexity index is 858. The molecule has 2 heterocycles. The summed E-state index contributed by atoms with van der Waals surface area (Å²) in [6, 6.07) is 7.92. The Hall–Kier alpha value is -2.50. The summed E-state index contributed by atoms with van der Waals surface area (Å²) in [4.78, 5) is 29.7. The van der Waals surface area contributed by atoms with Crippen molar-refractivity contribution in [1.29, 1.82) is 0 Å². The molecule has 6 nitrogen and oxygen atoms in total. The van der Waals surface area contributed by atoms with Gasteiger partial charge >= 0.3 is 12.2 Å². The van der Waals surface area contributed by atoms with Gasteiger partial charge in [-0.05, 0) is 58.1 Å². The van der Waals surface area contributed by atoms with Crippen LogP contribution in [-0.4, -0.2) is 42.0 Å². The zero-order valence-corrected chi connectivity index (χ0v) is 17.1. The summed E-state index contributed by atoms with van der Waals surface area (Å²) in [5, 5.41) is 0. The molecule has 150 valence electrons. The van der Waals surface area contributed by atoms with E-state index < -0.39 is 17.4 Å². The highest BCUT2D eigenvalue weighted by atomic mass is 16.6. The minimum absolute atomic E-state index is 0.385. The largest absolute Gasteiger partial charge is 0.452 e. The van der Waals surface area contributed by atoms with Crippen molar-refractivity contribution in [3.63, 3.8) is 0 Å². The van der Waals surface area contributed by atoms with Gasteiger partial charge < -0.3 is 9.47 Å². The lowest BCUT2D eigenvalue weighted by atomic mass is 9.63. The lowest BCUT2D eigenvalue weighted by Crippen LogP contribution is -2.67. The maximum atomic E-state index is 13.2. The zero-order chi connectivity index (χ0) is 20.3. The number of anilines is 1. The molecule has 2 atom stereocenters. The molecule has 4 rings (SSSR count). The van der Waals surface area contributed by atoms with E-state index in [0.29, 0.717) is 13.0 Å². The maximum absolute atomic E-state index is 13.2. The van der Waals surface area contributed by atoms with Gasteiger partial charge in [-0.25, -0.2) is 9.59 Å². The van der Waals surface area contributed by atoms with Gasteiger partial charge in [0.05, 0.1) is 12.8 Å². The van der Waals surface area contributed by atoms with Gasteiger partial charge in [0.1, 0.15) is 11.3 Å². The molecule has 1 saturated heterocycles. The van der Waals surface area contributed by atoms with Gasteiger partial charge in [0.15, 0.2) is 0 Å². The summed E-state index contributed by atoms with van der Waals surface area (Å²) in [5.74, 6) is 0. The van der Waals surface area contributed by atoms with Crippen molar-refractivity contribution in [2.24, 2.45) is 0 Å². The number of carbonyl (C=O) groups is 2. The average Bonchev–Trinajstić information content (AvgIpc) is 3.08. The quantitative estimate of drug-likeness (QED) is 0.614. The molecule has 1 aromatic rings.